The molecule has 0 saturated heterocycles. The third-order valence-electron chi connectivity index (χ3n) is 4.00. The molecule has 1 aliphatic heterocycles. The van der Waals surface area contributed by atoms with Gasteiger partial charge < -0.3 is 14.2 Å². The van der Waals surface area contributed by atoms with E-state index in [9.17, 15) is 9.18 Å². The predicted molar refractivity (Wildman–Crippen MR) is 85.8 cm³/mol. The Morgan fingerprint density at radius 1 is 1.43 bits per heavy atom. The van der Waals surface area contributed by atoms with Crippen LogP contribution in [0.4, 0.5) is 4.39 Å². The fourth-order valence-corrected chi connectivity index (χ4v) is 3.02. The minimum atomic E-state index is -0.338. The van der Waals surface area contributed by atoms with Gasteiger partial charge in [-0.25, -0.2) is 9.37 Å². The number of amides is 1. The summed E-state index contributed by atoms with van der Waals surface area (Å²) in [5, 5.41) is 0.813. The first-order valence-electron chi connectivity index (χ1n) is 7.79. The zero-order chi connectivity index (χ0) is 16.4. The van der Waals surface area contributed by atoms with E-state index in [-0.39, 0.29) is 18.3 Å². The Labute approximate surface area is 139 Å². The van der Waals surface area contributed by atoms with E-state index in [1.165, 1.54) is 6.20 Å². The summed E-state index contributed by atoms with van der Waals surface area (Å²) >= 11 is 5.90. The Hall–Kier alpha value is -1.66. The van der Waals surface area contributed by atoms with Crippen LogP contribution in [-0.2, 0) is 22.6 Å². The lowest BCUT2D eigenvalue weighted by atomic mass is 10.2. The predicted octanol–water partition coefficient (Wildman–Crippen LogP) is 2.99. The molecule has 0 unspecified atom stereocenters. The number of carbonyl (C=O) groups is 1. The highest BCUT2D eigenvalue weighted by atomic mass is 35.5. The normalized spacial score (nSPS) is 14.3. The summed E-state index contributed by atoms with van der Waals surface area (Å²) in [6.45, 7) is 4.42. The molecule has 1 aliphatic rings. The zero-order valence-electron chi connectivity index (χ0n) is 13.0. The number of pyridine rings is 1. The molecule has 5 nitrogen and oxygen atoms in total. The molecule has 0 saturated carbocycles. The van der Waals surface area contributed by atoms with Crippen molar-refractivity contribution >= 4 is 28.5 Å². The molecular weight excluding hydrogens is 321 g/mol. The van der Waals surface area contributed by atoms with Crippen molar-refractivity contribution in [3.63, 3.8) is 0 Å². The third kappa shape index (κ3) is 3.19. The molecule has 0 aliphatic carbocycles. The third-order valence-corrected chi connectivity index (χ3v) is 4.21. The number of ether oxygens (including phenoxy) is 1. The van der Waals surface area contributed by atoms with Gasteiger partial charge in [-0.2, -0.15) is 0 Å². The molecule has 1 amide bonds. The summed E-state index contributed by atoms with van der Waals surface area (Å²) in [5.41, 5.74) is 1.07. The van der Waals surface area contributed by atoms with Crippen LogP contribution in [0, 0.1) is 5.82 Å². The van der Waals surface area contributed by atoms with Gasteiger partial charge in [-0.05, 0) is 12.5 Å². The molecule has 124 valence electrons. The van der Waals surface area contributed by atoms with E-state index in [4.69, 9.17) is 16.3 Å². The molecule has 2 aromatic heterocycles. The minimum Gasteiger partial charge on any atom is -0.381 e. The van der Waals surface area contributed by atoms with Gasteiger partial charge in [0.15, 0.2) is 5.82 Å². The second-order valence-corrected chi connectivity index (χ2v) is 6.05. The van der Waals surface area contributed by atoms with E-state index in [1.807, 2.05) is 11.5 Å². The van der Waals surface area contributed by atoms with E-state index < -0.39 is 0 Å². The summed E-state index contributed by atoms with van der Waals surface area (Å²) in [6, 6.07) is 1.58. The summed E-state index contributed by atoms with van der Waals surface area (Å²) in [4.78, 5) is 18.1. The maximum Gasteiger partial charge on any atom is 0.225 e. The second-order valence-electron chi connectivity index (χ2n) is 5.61. The molecule has 7 heteroatoms. The number of halogens is 2. The molecule has 3 rings (SSSR count). The fourth-order valence-electron chi connectivity index (χ4n) is 2.86. The standard InChI is InChI=1S/C16H19ClFN3O2/c1-2-6-23-7-3-14(22)20-4-5-21-13(10-20)15(18)12-8-11(17)9-19-16(12)21/h8-9H,2-7,10H2,1H3. The van der Waals surface area contributed by atoms with Gasteiger partial charge >= 0.3 is 0 Å². The van der Waals surface area contributed by atoms with Crippen molar-refractivity contribution in [3.05, 3.63) is 28.8 Å². The van der Waals surface area contributed by atoms with E-state index >= 15 is 0 Å². The molecule has 0 N–H and O–H groups in total. The van der Waals surface area contributed by atoms with Crippen molar-refractivity contribution in [1.82, 2.24) is 14.5 Å². The van der Waals surface area contributed by atoms with Crippen LogP contribution in [-0.4, -0.2) is 40.1 Å². The zero-order valence-corrected chi connectivity index (χ0v) is 13.8. The van der Waals surface area contributed by atoms with Crippen LogP contribution in [0.3, 0.4) is 0 Å². The van der Waals surface area contributed by atoms with Gasteiger partial charge in [0.2, 0.25) is 5.91 Å². The van der Waals surface area contributed by atoms with Gasteiger partial charge in [0.1, 0.15) is 5.65 Å². The lowest BCUT2D eigenvalue weighted by molar-refractivity contribution is -0.133. The molecular formula is C16H19ClFN3O2. The van der Waals surface area contributed by atoms with E-state index in [2.05, 4.69) is 4.98 Å². The van der Waals surface area contributed by atoms with Crippen LogP contribution in [0.15, 0.2) is 12.3 Å². The maximum atomic E-state index is 14.6. The first kappa shape index (κ1) is 16.2. The van der Waals surface area contributed by atoms with E-state index in [0.717, 1.165) is 6.42 Å². The number of hydrogen-bond acceptors (Lipinski definition) is 3. The summed E-state index contributed by atoms with van der Waals surface area (Å²) < 4.78 is 21.8. The van der Waals surface area contributed by atoms with Crippen LogP contribution in [0.1, 0.15) is 25.5 Å². The van der Waals surface area contributed by atoms with Crippen LogP contribution in [0.25, 0.3) is 11.0 Å². The monoisotopic (exact) mass is 339 g/mol. The van der Waals surface area contributed by atoms with Crippen molar-refractivity contribution < 1.29 is 13.9 Å². The van der Waals surface area contributed by atoms with Gasteiger partial charge in [-0.1, -0.05) is 18.5 Å². The molecule has 0 atom stereocenters. The molecule has 0 radical (unpaired) electrons. The molecule has 23 heavy (non-hydrogen) atoms. The quantitative estimate of drug-likeness (QED) is 0.787. The highest BCUT2D eigenvalue weighted by molar-refractivity contribution is 6.31. The lowest BCUT2D eigenvalue weighted by Gasteiger charge is -2.28. The fraction of sp³-hybridized carbons (Fsp3) is 0.500. The highest BCUT2D eigenvalue weighted by Gasteiger charge is 2.27. The van der Waals surface area contributed by atoms with Crippen molar-refractivity contribution in [2.75, 3.05) is 19.8 Å². The van der Waals surface area contributed by atoms with Gasteiger partial charge in [0, 0.05) is 25.9 Å². The van der Waals surface area contributed by atoms with Gasteiger partial charge in [0.25, 0.3) is 0 Å². The topological polar surface area (TPSA) is 47.4 Å². The summed E-state index contributed by atoms with van der Waals surface area (Å²) in [6.07, 6.45) is 2.77. The Morgan fingerprint density at radius 3 is 3.04 bits per heavy atom. The van der Waals surface area contributed by atoms with Crippen LogP contribution in [0.2, 0.25) is 5.02 Å². The summed E-state index contributed by atoms with van der Waals surface area (Å²) in [7, 11) is 0. The van der Waals surface area contributed by atoms with E-state index in [1.54, 1.807) is 11.0 Å². The molecule has 0 bridgehead atoms. The minimum absolute atomic E-state index is 0.0111. The number of fused-ring (bicyclic) bond motifs is 3. The number of hydrogen-bond donors (Lipinski definition) is 0. The van der Waals surface area contributed by atoms with Crippen LogP contribution < -0.4 is 0 Å². The van der Waals surface area contributed by atoms with Crippen LogP contribution >= 0.6 is 11.6 Å². The Kier molecular flexibility index (Phi) is 4.82. The lowest BCUT2D eigenvalue weighted by Crippen LogP contribution is -2.38. The number of carbonyl (C=O) groups excluding carboxylic acids is 1. The van der Waals surface area contributed by atoms with Crippen molar-refractivity contribution in [2.45, 2.75) is 32.9 Å². The molecule has 0 spiro atoms. The Bertz CT molecular complexity index is 732. The largest absolute Gasteiger partial charge is 0.381 e. The van der Waals surface area contributed by atoms with Crippen LogP contribution in [0.5, 0.6) is 0 Å². The molecule has 0 fully saturated rings. The van der Waals surface area contributed by atoms with Gasteiger partial charge in [-0.15, -0.1) is 0 Å². The molecule has 2 aromatic rings. The van der Waals surface area contributed by atoms with E-state index in [0.29, 0.717) is 54.5 Å². The second kappa shape index (κ2) is 6.84. The SMILES string of the molecule is CCCOCCC(=O)N1CCn2c(c(F)c3cc(Cl)cnc32)C1. The number of rotatable bonds is 5. The number of aromatic nitrogens is 2. The van der Waals surface area contributed by atoms with Gasteiger partial charge in [0.05, 0.1) is 35.7 Å². The average Bonchev–Trinajstić information content (AvgIpc) is 2.83. The van der Waals surface area contributed by atoms with Crippen molar-refractivity contribution in [1.29, 1.82) is 0 Å². The maximum absolute atomic E-state index is 14.6. The first-order valence-corrected chi connectivity index (χ1v) is 8.17. The first-order chi connectivity index (χ1) is 11.1. The van der Waals surface area contributed by atoms with Crippen molar-refractivity contribution in [2.24, 2.45) is 0 Å². The molecule has 3 heterocycles. The Balaban J connectivity index is 1.75. The smallest absolute Gasteiger partial charge is 0.225 e. The van der Waals surface area contributed by atoms with Crippen molar-refractivity contribution in [3.8, 4) is 0 Å². The highest BCUT2D eigenvalue weighted by Crippen LogP contribution is 2.28. The Morgan fingerprint density at radius 2 is 2.26 bits per heavy atom. The van der Waals surface area contributed by atoms with Gasteiger partial charge in [-0.3, -0.25) is 4.79 Å². The molecule has 0 aromatic carbocycles. The summed E-state index contributed by atoms with van der Waals surface area (Å²) in [5.74, 6) is -0.349. The number of nitrogens with zero attached hydrogens (tertiary/aromatic N) is 3. The average molecular weight is 340 g/mol.